The monoisotopic (exact) mass is 250 g/mol. The quantitative estimate of drug-likeness (QED) is 0.358. The van der Waals surface area contributed by atoms with Crippen molar-refractivity contribution in [3.8, 4) is 0 Å². The standard InChI is InChI=1S/C16H26O2/c1-5-6-7-8-9-10-11-12-13-14-15(17)18-16(2,3)4/h5,7-8,10-11H,1,6,9,12-14H2,2-4H3/b8-7-,11-10-. The van der Waals surface area contributed by atoms with Crippen LogP contribution in [0.25, 0.3) is 0 Å². The minimum atomic E-state index is -0.372. The molecule has 2 heteroatoms. The molecule has 102 valence electrons. The summed E-state index contributed by atoms with van der Waals surface area (Å²) in [5, 5.41) is 0. The van der Waals surface area contributed by atoms with E-state index in [1.54, 1.807) is 0 Å². The molecule has 0 atom stereocenters. The third-order valence-electron chi connectivity index (χ3n) is 2.08. The predicted octanol–water partition coefficient (Wildman–Crippen LogP) is 4.58. The first kappa shape index (κ1) is 16.7. The first-order valence-electron chi connectivity index (χ1n) is 6.58. The predicted molar refractivity (Wildman–Crippen MR) is 77.4 cm³/mol. The Hall–Kier alpha value is -1.31. The molecule has 0 rings (SSSR count). The summed E-state index contributed by atoms with van der Waals surface area (Å²) >= 11 is 0. The molecule has 0 aliphatic carbocycles. The van der Waals surface area contributed by atoms with Crippen LogP contribution in [0.2, 0.25) is 0 Å². The van der Waals surface area contributed by atoms with Crippen molar-refractivity contribution in [3.05, 3.63) is 37.0 Å². The van der Waals surface area contributed by atoms with Gasteiger partial charge in [-0.25, -0.2) is 0 Å². The van der Waals surface area contributed by atoms with E-state index in [2.05, 4.69) is 30.9 Å². The topological polar surface area (TPSA) is 26.3 Å². The highest BCUT2D eigenvalue weighted by Gasteiger charge is 2.15. The molecule has 0 aromatic rings. The number of esters is 1. The summed E-state index contributed by atoms with van der Waals surface area (Å²) < 4.78 is 5.23. The number of unbranched alkanes of at least 4 members (excludes halogenated alkanes) is 1. The summed E-state index contributed by atoms with van der Waals surface area (Å²) in [6, 6.07) is 0. The molecular formula is C16H26O2. The SMILES string of the molecule is C=CC/C=C\C/C=C\CCCC(=O)OC(C)(C)C. The molecule has 0 fully saturated rings. The van der Waals surface area contributed by atoms with Crippen LogP contribution in [0.3, 0.4) is 0 Å². The van der Waals surface area contributed by atoms with Gasteiger partial charge in [-0.2, -0.15) is 0 Å². The second kappa shape index (κ2) is 9.69. The van der Waals surface area contributed by atoms with Crippen molar-refractivity contribution < 1.29 is 9.53 Å². The van der Waals surface area contributed by atoms with Crippen molar-refractivity contribution in [2.75, 3.05) is 0 Å². The van der Waals surface area contributed by atoms with Crippen molar-refractivity contribution in [2.45, 2.75) is 58.5 Å². The lowest BCUT2D eigenvalue weighted by molar-refractivity contribution is -0.154. The third-order valence-corrected chi connectivity index (χ3v) is 2.08. The number of rotatable bonds is 8. The molecule has 18 heavy (non-hydrogen) atoms. The molecule has 0 aliphatic heterocycles. The molecule has 0 aromatic carbocycles. The molecule has 0 aliphatic rings. The third kappa shape index (κ3) is 12.8. The fourth-order valence-electron chi connectivity index (χ4n) is 1.34. The van der Waals surface area contributed by atoms with Crippen LogP contribution in [0.4, 0.5) is 0 Å². The molecule has 0 bridgehead atoms. The van der Waals surface area contributed by atoms with Gasteiger partial charge in [-0.3, -0.25) is 4.79 Å². The van der Waals surface area contributed by atoms with Gasteiger partial charge in [0, 0.05) is 6.42 Å². The zero-order chi connectivity index (χ0) is 13.9. The Balaban J connectivity index is 3.53. The Kier molecular flexibility index (Phi) is 8.99. The Morgan fingerprint density at radius 3 is 2.33 bits per heavy atom. The molecule has 0 N–H and O–H groups in total. The maximum Gasteiger partial charge on any atom is 0.306 e. The second-order valence-corrected chi connectivity index (χ2v) is 5.18. The number of hydrogen-bond donors (Lipinski definition) is 0. The summed E-state index contributed by atoms with van der Waals surface area (Å²) in [7, 11) is 0. The lowest BCUT2D eigenvalue weighted by Gasteiger charge is -2.19. The molecule has 0 saturated heterocycles. The Morgan fingerprint density at radius 2 is 1.72 bits per heavy atom. The van der Waals surface area contributed by atoms with Crippen LogP contribution in [-0.4, -0.2) is 11.6 Å². The summed E-state index contributed by atoms with van der Waals surface area (Å²) in [4.78, 5) is 11.4. The largest absolute Gasteiger partial charge is 0.460 e. The maximum absolute atomic E-state index is 11.4. The molecule has 0 heterocycles. The zero-order valence-electron chi connectivity index (χ0n) is 11.9. The van der Waals surface area contributed by atoms with E-state index in [9.17, 15) is 4.79 Å². The first-order chi connectivity index (χ1) is 8.45. The van der Waals surface area contributed by atoms with E-state index in [1.807, 2.05) is 26.8 Å². The highest BCUT2D eigenvalue weighted by atomic mass is 16.6. The van der Waals surface area contributed by atoms with Gasteiger partial charge in [-0.15, -0.1) is 6.58 Å². The van der Waals surface area contributed by atoms with Gasteiger partial charge < -0.3 is 4.74 Å². The molecule has 0 radical (unpaired) electrons. The summed E-state index contributed by atoms with van der Waals surface area (Å²) in [6.45, 7) is 9.32. The van der Waals surface area contributed by atoms with Gasteiger partial charge in [0.1, 0.15) is 5.60 Å². The summed E-state index contributed by atoms with van der Waals surface area (Å²) in [5.74, 6) is -0.109. The minimum absolute atomic E-state index is 0.109. The smallest absolute Gasteiger partial charge is 0.306 e. The Labute approximate surface area is 111 Å². The van der Waals surface area contributed by atoms with Crippen molar-refractivity contribution in [3.63, 3.8) is 0 Å². The van der Waals surface area contributed by atoms with Crippen molar-refractivity contribution in [1.82, 2.24) is 0 Å². The van der Waals surface area contributed by atoms with E-state index >= 15 is 0 Å². The van der Waals surface area contributed by atoms with E-state index in [-0.39, 0.29) is 11.6 Å². The first-order valence-corrected chi connectivity index (χ1v) is 6.58. The van der Waals surface area contributed by atoms with Crippen molar-refractivity contribution in [2.24, 2.45) is 0 Å². The van der Waals surface area contributed by atoms with Gasteiger partial charge in [-0.05, 0) is 46.5 Å². The molecule has 2 nitrogen and oxygen atoms in total. The summed E-state index contributed by atoms with van der Waals surface area (Å²) in [5.41, 5.74) is -0.372. The maximum atomic E-state index is 11.4. The van der Waals surface area contributed by atoms with Crippen LogP contribution < -0.4 is 0 Å². The normalized spacial score (nSPS) is 12.2. The summed E-state index contributed by atoms with van der Waals surface area (Å²) in [6.07, 6.45) is 14.5. The fraction of sp³-hybridized carbons (Fsp3) is 0.562. The van der Waals surface area contributed by atoms with Gasteiger partial charge in [-0.1, -0.05) is 30.4 Å². The highest BCUT2D eigenvalue weighted by molar-refractivity contribution is 5.69. The van der Waals surface area contributed by atoms with E-state index in [4.69, 9.17) is 4.74 Å². The van der Waals surface area contributed by atoms with Crippen molar-refractivity contribution in [1.29, 1.82) is 0 Å². The average molecular weight is 250 g/mol. The molecule has 0 unspecified atom stereocenters. The number of carbonyl (C=O) groups is 1. The number of ether oxygens (including phenoxy) is 1. The van der Waals surface area contributed by atoms with Gasteiger partial charge in [0.05, 0.1) is 0 Å². The van der Waals surface area contributed by atoms with Crippen LogP contribution in [0.1, 0.15) is 52.9 Å². The van der Waals surface area contributed by atoms with Crippen LogP contribution in [0.15, 0.2) is 37.0 Å². The molecule has 0 amide bonds. The highest BCUT2D eigenvalue weighted by Crippen LogP contribution is 2.10. The Morgan fingerprint density at radius 1 is 1.11 bits per heavy atom. The van der Waals surface area contributed by atoms with Crippen LogP contribution in [0.5, 0.6) is 0 Å². The van der Waals surface area contributed by atoms with E-state index < -0.39 is 0 Å². The van der Waals surface area contributed by atoms with E-state index in [0.29, 0.717) is 6.42 Å². The van der Waals surface area contributed by atoms with E-state index in [1.165, 1.54) is 0 Å². The van der Waals surface area contributed by atoms with Crippen LogP contribution in [-0.2, 0) is 9.53 Å². The van der Waals surface area contributed by atoms with Crippen LogP contribution >= 0.6 is 0 Å². The van der Waals surface area contributed by atoms with Gasteiger partial charge in [0.25, 0.3) is 0 Å². The van der Waals surface area contributed by atoms with Gasteiger partial charge in [0.15, 0.2) is 0 Å². The Bertz CT molecular complexity index is 293. The fourth-order valence-corrected chi connectivity index (χ4v) is 1.34. The molecular weight excluding hydrogens is 224 g/mol. The minimum Gasteiger partial charge on any atom is -0.460 e. The lowest BCUT2D eigenvalue weighted by Crippen LogP contribution is -2.23. The van der Waals surface area contributed by atoms with Crippen LogP contribution in [0, 0.1) is 0 Å². The molecule has 0 aromatic heterocycles. The van der Waals surface area contributed by atoms with E-state index in [0.717, 1.165) is 25.7 Å². The number of carbonyl (C=O) groups excluding carboxylic acids is 1. The number of hydrogen-bond acceptors (Lipinski definition) is 2. The van der Waals surface area contributed by atoms with Gasteiger partial charge >= 0.3 is 5.97 Å². The van der Waals surface area contributed by atoms with Gasteiger partial charge in [0.2, 0.25) is 0 Å². The second-order valence-electron chi connectivity index (χ2n) is 5.18. The van der Waals surface area contributed by atoms with Crippen molar-refractivity contribution >= 4 is 5.97 Å². The lowest BCUT2D eigenvalue weighted by atomic mass is 10.2. The molecule has 0 spiro atoms. The average Bonchev–Trinajstić information content (AvgIpc) is 2.24. The number of allylic oxidation sites excluding steroid dienone is 5. The zero-order valence-corrected chi connectivity index (χ0v) is 11.9. The molecule has 0 saturated carbocycles.